The maximum absolute atomic E-state index is 4.59. The van der Waals surface area contributed by atoms with E-state index >= 15 is 0 Å². The number of hydrogen-bond donors (Lipinski definition) is 1. The summed E-state index contributed by atoms with van der Waals surface area (Å²) in [5, 5.41) is 3.32. The Balaban J connectivity index is 1.94. The molecule has 2 unspecified atom stereocenters. The van der Waals surface area contributed by atoms with Crippen molar-refractivity contribution in [1.29, 1.82) is 0 Å². The van der Waals surface area contributed by atoms with E-state index < -0.39 is 0 Å². The third-order valence-electron chi connectivity index (χ3n) is 4.05. The topological polar surface area (TPSA) is 24.9 Å². The van der Waals surface area contributed by atoms with E-state index in [1.807, 2.05) is 6.20 Å². The van der Waals surface area contributed by atoms with Crippen LogP contribution in [0.25, 0.3) is 0 Å². The molecule has 1 aromatic heterocycles. The van der Waals surface area contributed by atoms with Crippen molar-refractivity contribution in [3.8, 4) is 0 Å². The Labute approximate surface area is 105 Å². The number of aryl methyl sites for hydroxylation is 1. The van der Waals surface area contributed by atoms with Gasteiger partial charge in [-0.25, -0.2) is 0 Å². The van der Waals surface area contributed by atoms with E-state index in [2.05, 4.69) is 36.4 Å². The van der Waals surface area contributed by atoms with Crippen molar-refractivity contribution < 1.29 is 0 Å². The predicted octanol–water partition coefficient (Wildman–Crippen LogP) is 2.82. The first-order chi connectivity index (χ1) is 8.33. The molecule has 0 amide bonds. The highest BCUT2D eigenvalue weighted by molar-refractivity contribution is 5.14. The monoisotopic (exact) mass is 232 g/mol. The summed E-state index contributed by atoms with van der Waals surface area (Å²) < 4.78 is 0. The number of nitrogens with one attached hydrogen (secondary N) is 1. The molecule has 1 fully saturated rings. The molecule has 1 aliphatic carbocycles. The van der Waals surface area contributed by atoms with Gasteiger partial charge in [0.25, 0.3) is 0 Å². The summed E-state index contributed by atoms with van der Waals surface area (Å²) in [6, 6.07) is 4.44. The quantitative estimate of drug-likeness (QED) is 0.844. The minimum atomic E-state index is 0.836. The Bertz CT molecular complexity index is 331. The van der Waals surface area contributed by atoms with Crippen molar-refractivity contribution in [2.45, 2.75) is 39.0 Å². The van der Waals surface area contributed by atoms with E-state index in [9.17, 15) is 0 Å². The average Bonchev–Trinajstić information content (AvgIpc) is 2.78. The van der Waals surface area contributed by atoms with Gasteiger partial charge in [-0.1, -0.05) is 19.4 Å². The molecule has 1 heterocycles. The minimum absolute atomic E-state index is 0.836. The second-order valence-electron chi connectivity index (χ2n) is 5.22. The molecule has 1 aromatic rings. The molecular formula is C15H24N2. The lowest BCUT2D eigenvalue weighted by Crippen LogP contribution is -2.23. The van der Waals surface area contributed by atoms with Gasteiger partial charge in [0.05, 0.1) is 0 Å². The van der Waals surface area contributed by atoms with Crippen molar-refractivity contribution in [3.63, 3.8) is 0 Å². The highest BCUT2D eigenvalue weighted by atomic mass is 14.8. The lowest BCUT2D eigenvalue weighted by molar-refractivity contribution is 0.372. The summed E-state index contributed by atoms with van der Waals surface area (Å²) in [4.78, 5) is 4.59. The van der Waals surface area contributed by atoms with Crippen molar-refractivity contribution in [1.82, 2.24) is 10.3 Å². The van der Waals surface area contributed by atoms with Gasteiger partial charge >= 0.3 is 0 Å². The first kappa shape index (κ1) is 12.6. The molecule has 0 aromatic carbocycles. The standard InChI is InChI=1S/C15H24N2/c1-3-12-7-8-15(17-10-12)9-13-5-4-6-14(13)11-16-2/h7-8,10,13-14,16H,3-6,9,11H2,1-2H3. The van der Waals surface area contributed by atoms with Gasteiger partial charge in [-0.15, -0.1) is 0 Å². The van der Waals surface area contributed by atoms with Gasteiger partial charge in [0.15, 0.2) is 0 Å². The maximum atomic E-state index is 4.59. The van der Waals surface area contributed by atoms with E-state index in [-0.39, 0.29) is 0 Å². The van der Waals surface area contributed by atoms with Crippen LogP contribution < -0.4 is 5.32 Å². The summed E-state index contributed by atoms with van der Waals surface area (Å²) in [5.74, 6) is 1.69. The average molecular weight is 232 g/mol. The number of nitrogens with zero attached hydrogens (tertiary/aromatic N) is 1. The van der Waals surface area contributed by atoms with Crippen molar-refractivity contribution in [3.05, 3.63) is 29.6 Å². The molecule has 17 heavy (non-hydrogen) atoms. The number of hydrogen-bond acceptors (Lipinski definition) is 2. The fraction of sp³-hybridized carbons (Fsp3) is 0.667. The van der Waals surface area contributed by atoms with Gasteiger partial charge in [-0.3, -0.25) is 4.98 Å². The zero-order valence-electron chi connectivity index (χ0n) is 11.1. The molecule has 2 atom stereocenters. The van der Waals surface area contributed by atoms with E-state index in [1.165, 1.54) is 30.5 Å². The van der Waals surface area contributed by atoms with Gasteiger partial charge in [-0.05, 0) is 62.7 Å². The van der Waals surface area contributed by atoms with E-state index in [0.717, 1.165) is 31.2 Å². The lowest BCUT2D eigenvalue weighted by Gasteiger charge is -2.18. The maximum Gasteiger partial charge on any atom is 0.0406 e. The fourth-order valence-electron chi connectivity index (χ4n) is 2.97. The Hall–Kier alpha value is -0.890. The molecule has 2 rings (SSSR count). The summed E-state index contributed by atoms with van der Waals surface area (Å²) >= 11 is 0. The van der Waals surface area contributed by atoms with Crippen molar-refractivity contribution in [2.75, 3.05) is 13.6 Å². The van der Waals surface area contributed by atoms with E-state index in [1.54, 1.807) is 0 Å². The van der Waals surface area contributed by atoms with Crippen LogP contribution in [0.5, 0.6) is 0 Å². The molecule has 0 aliphatic heterocycles. The van der Waals surface area contributed by atoms with Crippen LogP contribution in [0.4, 0.5) is 0 Å². The normalized spacial score (nSPS) is 24.1. The van der Waals surface area contributed by atoms with Gasteiger partial charge in [0.1, 0.15) is 0 Å². The van der Waals surface area contributed by atoms with Crippen LogP contribution in [-0.2, 0) is 12.8 Å². The van der Waals surface area contributed by atoms with Crippen LogP contribution in [0.1, 0.15) is 37.4 Å². The van der Waals surface area contributed by atoms with E-state index in [4.69, 9.17) is 0 Å². The molecule has 94 valence electrons. The van der Waals surface area contributed by atoms with Crippen LogP contribution in [0.3, 0.4) is 0 Å². The SMILES string of the molecule is CCc1ccc(CC2CCCC2CNC)nc1. The first-order valence-corrected chi connectivity index (χ1v) is 6.92. The van der Waals surface area contributed by atoms with Gasteiger partial charge < -0.3 is 5.32 Å². The van der Waals surface area contributed by atoms with Crippen molar-refractivity contribution >= 4 is 0 Å². The largest absolute Gasteiger partial charge is 0.319 e. The summed E-state index contributed by atoms with van der Waals surface area (Å²) in [5.41, 5.74) is 2.61. The summed E-state index contributed by atoms with van der Waals surface area (Å²) in [6.07, 6.45) is 8.44. The Morgan fingerprint density at radius 2 is 2.12 bits per heavy atom. The first-order valence-electron chi connectivity index (χ1n) is 6.92. The summed E-state index contributed by atoms with van der Waals surface area (Å²) in [6.45, 7) is 3.34. The van der Waals surface area contributed by atoms with Crippen LogP contribution >= 0.6 is 0 Å². The predicted molar refractivity (Wildman–Crippen MR) is 72.1 cm³/mol. The number of aromatic nitrogens is 1. The molecule has 2 nitrogen and oxygen atoms in total. The number of rotatable bonds is 5. The fourth-order valence-corrected chi connectivity index (χ4v) is 2.97. The molecule has 0 bridgehead atoms. The third-order valence-corrected chi connectivity index (χ3v) is 4.05. The lowest BCUT2D eigenvalue weighted by atomic mass is 9.91. The van der Waals surface area contributed by atoms with Crippen LogP contribution in [0.15, 0.2) is 18.3 Å². The number of pyridine rings is 1. The van der Waals surface area contributed by atoms with Gasteiger partial charge in [0.2, 0.25) is 0 Å². The zero-order chi connectivity index (χ0) is 12.1. The zero-order valence-corrected chi connectivity index (χ0v) is 11.1. The molecule has 1 saturated carbocycles. The van der Waals surface area contributed by atoms with Gasteiger partial charge in [-0.2, -0.15) is 0 Å². The highest BCUT2D eigenvalue weighted by Crippen LogP contribution is 2.33. The van der Waals surface area contributed by atoms with Gasteiger partial charge in [0, 0.05) is 11.9 Å². The second kappa shape index (κ2) is 6.15. The van der Waals surface area contributed by atoms with E-state index in [0.29, 0.717) is 0 Å². The Kier molecular flexibility index (Phi) is 4.55. The minimum Gasteiger partial charge on any atom is -0.319 e. The molecule has 1 N–H and O–H groups in total. The molecule has 0 spiro atoms. The molecular weight excluding hydrogens is 208 g/mol. The van der Waals surface area contributed by atoms with Crippen LogP contribution in [0, 0.1) is 11.8 Å². The highest BCUT2D eigenvalue weighted by Gasteiger charge is 2.26. The molecule has 2 heteroatoms. The molecule has 0 radical (unpaired) electrons. The van der Waals surface area contributed by atoms with Crippen LogP contribution in [0.2, 0.25) is 0 Å². The third kappa shape index (κ3) is 3.29. The van der Waals surface area contributed by atoms with Crippen LogP contribution in [-0.4, -0.2) is 18.6 Å². The smallest absolute Gasteiger partial charge is 0.0406 e. The summed E-state index contributed by atoms with van der Waals surface area (Å²) in [7, 11) is 2.06. The Morgan fingerprint density at radius 3 is 2.76 bits per heavy atom. The Morgan fingerprint density at radius 1 is 1.29 bits per heavy atom. The second-order valence-corrected chi connectivity index (χ2v) is 5.22. The van der Waals surface area contributed by atoms with Crippen molar-refractivity contribution in [2.24, 2.45) is 11.8 Å². The molecule has 0 saturated heterocycles. The molecule has 1 aliphatic rings.